The van der Waals surface area contributed by atoms with Crippen LogP contribution in [0, 0.1) is 0 Å². The lowest BCUT2D eigenvalue weighted by Crippen LogP contribution is -2.51. The molecule has 0 aromatic heterocycles. The first-order valence-corrected chi connectivity index (χ1v) is 14.0. The molecule has 0 saturated carbocycles. The van der Waals surface area contributed by atoms with Crippen molar-refractivity contribution in [3.05, 3.63) is 94.5 Å². The Labute approximate surface area is 228 Å². The molecule has 0 radical (unpaired) electrons. The quantitative estimate of drug-likeness (QED) is 0.351. The first-order chi connectivity index (χ1) is 17.6. The van der Waals surface area contributed by atoms with E-state index in [1.807, 2.05) is 37.3 Å². The van der Waals surface area contributed by atoms with Crippen LogP contribution in [0.15, 0.2) is 83.8 Å². The third-order valence-electron chi connectivity index (χ3n) is 5.71. The number of nitrogens with one attached hydrogen (secondary N) is 1. The average molecular weight is 563 g/mol. The average Bonchev–Trinajstić information content (AvgIpc) is 2.91. The van der Waals surface area contributed by atoms with Crippen LogP contribution < -0.4 is 9.62 Å². The third kappa shape index (κ3) is 7.25. The van der Waals surface area contributed by atoms with Crippen LogP contribution in [0.25, 0.3) is 0 Å². The summed E-state index contributed by atoms with van der Waals surface area (Å²) in [4.78, 5) is 28.0. The second-order valence-corrected chi connectivity index (χ2v) is 11.1. The van der Waals surface area contributed by atoms with Gasteiger partial charge in [-0.2, -0.15) is 0 Å². The highest BCUT2D eigenvalue weighted by atomic mass is 35.5. The molecule has 3 aromatic rings. The fourth-order valence-corrected chi connectivity index (χ4v) is 5.37. The van der Waals surface area contributed by atoms with E-state index in [4.69, 9.17) is 23.2 Å². The van der Waals surface area contributed by atoms with Crippen LogP contribution in [0.5, 0.6) is 0 Å². The highest BCUT2D eigenvalue weighted by Crippen LogP contribution is 2.30. The van der Waals surface area contributed by atoms with Gasteiger partial charge in [-0.15, -0.1) is 0 Å². The van der Waals surface area contributed by atoms with Crippen molar-refractivity contribution in [3.8, 4) is 0 Å². The normalized spacial score (nSPS) is 12.0. The molecule has 1 unspecified atom stereocenters. The van der Waals surface area contributed by atoms with Crippen LogP contribution in [-0.4, -0.2) is 44.3 Å². The topological polar surface area (TPSA) is 86.8 Å². The molecule has 0 aliphatic carbocycles. The van der Waals surface area contributed by atoms with Crippen molar-refractivity contribution in [2.24, 2.45) is 0 Å². The maximum absolute atomic E-state index is 13.8. The first-order valence-electron chi connectivity index (χ1n) is 11.8. The lowest BCUT2D eigenvalue weighted by molar-refractivity contribution is -0.139. The second-order valence-electron chi connectivity index (χ2n) is 8.40. The van der Waals surface area contributed by atoms with Crippen molar-refractivity contribution in [1.82, 2.24) is 10.2 Å². The highest BCUT2D eigenvalue weighted by molar-refractivity contribution is 7.92. The van der Waals surface area contributed by atoms with E-state index < -0.39 is 28.5 Å². The Kier molecular flexibility index (Phi) is 9.97. The number of hydrogen-bond acceptors (Lipinski definition) is 4. The van der Waals surface area contributed by atoms with Crippen molar-refractivity contribution in [1.29, 1.82) is 0 Å². The lowest BCUT2D eigenvalue weighted by atomic mass is 10.1. The molecule has 37 heavy (non-hydrogen) atoms. The van der Waals surface area contributed by atoms with Gasteiger partial charge >= 0.3 is 0 Å². The zero-order valence-corrected chi connectivity index (χ0v) is 22.9. The number of hydrogen-bond donors (Lipinski definition) is 1. The van der Waals surface area contributed by atoms with Crippen molar-refractivity contribution in [3.63, 3.8) is 0 Å². The van der Waals surface area contributed by atoms with Crippen molar-refractivity contribution >= 4 is 50.7 Å². The Morgan fingerprint density at radius 2 is 1.54 bits per heavy atom. The van der Waals surface area contributed by atoms with Gasteiger partial charge in [-0.05, 0) is 49.2 Å². The van der Waals surface area contributed by atoms with Crippen molar-refractivity contribution in [2.45, 2.75) is 37.8 Å². The third-order valence-corrected chi connectivity index (χ3v) is 8.24. The molecule has 1 atom stereocenters. The monoisotopic (exact) mass is 561 g/mol. The molecule has 2 amide bonds. The van der Waals surface area contributed by atoms with Gasteiger partial charge < -0.3 is 10.2 Å². The minimum absolute atomic E-state index is 0.0113. The molecule has 196 valence electrons. The van der Waals surface area contributed by atoms with Gasteiger partial charge in [0.25, 0.3) is 10.0 Å². The minimum atomic E-state index is -4.16. The van der Waals surface area contributed by atoms with E-state index in [2.05, 4.69) is 5.32 Å². The predicted octanol–water partition coefficient (Wildman–Crippen LogP) is 5.13. The van der Waals surface area contributed by atoms with E-state index in [1.165, 1.54) is 35.2 Å². The van der Waals surface area contributed by atoms with Gasteiger partial charge in [0.05, 0.1) is 20.6 Å². The number of amides is 2. The largest absolute Gasteiger partial charge is 0.354 e. The Morgan fingerprint density at radius 1 is 0.919 bits per heavy atom. The summed E-state index contributed by atoms with van der Waals surface area (Å²) in [7, 11) is -4.16. The van der Waals surface area contributed by atoms with E-state index >= 15 is 0 Å². The highest BCUT2D eigenvalue weighted by Gasteiger charge is 2.32. The van der Waals surface area contributed by atoms with Gasteiger partial charge in [-0.3, -0.25) is 13.9 Å². The molecule has 0 bridgehead atoms. The molecule has 3 rings (SSSR count). The van der Waals surface area contributed by atoms with Gasteiger partial charge in [0.2, 0.25) is 11.8 Å². The summed E-state index contributed by atoms with van der Waals surface area (Å²) in [6, 6.07) is 20.5. The van der Waals surface area contributed by atoms with Gasteiger partial charge in [0.15, 0.2) is 0 Å². The molecule has 3 aromatic carbocycles. The molecular weight excluding hydrogens is 533 g/mol. The number of nitrogens with zero attached hydrogens (tertiary/aromatic N) is 2. The molecule has 0 spiro atoms. The van der Waals surface area contributed by atoms with E-state index in [-0.39, 0.29) is 33.1 Å². The number of benzene rings is 3. The zero-order chi connectivity index (χ0) is 27.0. The van der Waals surface area contributed by atoms with Crippen LogP contribution in [0.4, 0.5) is 5.69 Å². The lowest BCUT2D eigenvalue weighted by Gasteiger charge is -2.32. The first kappa shape index (κ1) is 28.5. The number of halogens is 2. The summed E-state index contributed by atoms with van der Waals surface area (Å²) in [5.41, 5.74) is 0.979. The summed E-state index contributed by atoms with van der Waals surface area (Å²) in [6.07, 6.45) is 0.742. The maximum Gasteiger partial charge on any atom is 0.264 e. The number of rotatable bonds is 11. The van der Waals surface area contributed by atoms with Crippen molar-refractivity contribution in [2.75, 3.05) is 17.4 Å². The summed E-state index contributed by atoms with van der Waals surface area (Å²) in [5.74, 6) is -0.869. The summed E-state index contributed by atoms with van der Waals surface area (Å²) >= 11 is 12.3. The minimum Gasteiger partial charge on any atom is -0.354 e. The molecule has 7 nitrogen and oxygen atoms in total. The zero-order valence-electron chi connectivity index (χ0n) is 20.6. The van der Waals surface area contributed by atoms with Gasteiger partial charge in [-0.25, -0.2) is 8.42 Å². The number of anilines is 1. The summed E-state index contributed by atoms with van der Waals surface area (Å²) in [6.45, 7) is 3.60. The Bertz CT molecular complexity index is 1320. The molecule has 10 heteroatoms. The van der Waals surface area contributed by atoms with Crippen LogP contribution in [-0.2, 0) is 26.2 Å². The fraction of sp³-hybridized carbons (Fsp3) is 0.259. The van der Waals surface area contributed by atoms with Gasteiger partial charge in [-0.1, -0.05) is 78.7 Å². The number of sulfonamides is 1. The van der Waals surface area contributed by atoms with E-state index in [9.17, 15) is 18.0 Å². The molecular formula is C27H29Cl2N3O4S. The predicted molar refractivity (Wildman–Crippen MR) is 147 cm³/mol. The van der Waals surface area contributed by atoms with E-state index in [1.54, 1.807) is 25.1 Å². The molecule has 0 heterocycles. The summed E-state index contributed by atoms with van der Waals surface area (Å²) in [5, 5.41) is 3.21. The standard InChI is InChI=1S/C27H29Cl2N3O4S/c1-3-16-30-27(34)20(2)31(18-21-10-6-4-7-11-21)26(33)19-32(22-14-15-24(28)25(29)17-22)37(35,36)23-12-8-5-9-13-23/h4-15,17,20H,3,16,18-19H2,1-2H3,(H,30,34). The van der Waals surface area contributed by atoms with Crippen LogP contribution in [0.2, 0.25) is 10.0 Å². The van der Waals surface area contributed by atoms with Gasteiger partial charge in [0, 0.05) is 13.1 Å². The van der Waals surface area contributed by atoms with E-state index in [0.29, 0.717) is 6.54 Å². The molecule has 0 fully saturated rings. The Morgan fingerprint density at radius 3 is 2.14 bits per heavy atom. The van der Waals surface area contributed by atoms with Crippen molar-refractivity contribution < 1.29 is 18.0 Å². The van der Waals surface area contributed by atoms with E-state index in [0.717, 1.165) is 16.3 Å². The SMILES string of the molecule is CCCNC(=O)C(C)N(Cc1ccccc1)C(=O)CN(c1ccc(Cl)c(Cl)c1)S(=O)(=O)c1ccccc1. The van der Waals surface area contributed by atoms with Crippen LogP contribution in [0.1, 0.15) is 25.8 Å². The Balaban J connectivity index is 2.02. The molecule has 0 aliphatic rings. The molecule has 0 aliphatic heterocycles. The number of carbonyl (C=O) groups is 2. The van der Waals surface area contributed by atoms with Crippen LogP contribution >= 0.6 is 23.2 Å². The smallest absolute Gasteiger partial charge is 0.264 e. The number of carbonyl (C=O) groups excluding carboxylic acids is 2. The van der Waals surface area contributed by atoms with Crippen LogP contribution in [0.3, 0.4) is 0 Å². The van der Waals surface area contributed by atoms with Gasteiger partial charge in [0.1, 0.15) is 12.6 Å². The Hall–Kier alpha value is -3.07. The fourth-order valence-electron chi connectivity index (χ4n) is 3.65. The maximum atomic E-state index is 13.8. The summed E-state index contributed by atoms with van der Waals surface area (Å²) < 4.78 is 28.4. The molecule has 0 saturated heterocycles. The second kappa shape index (κ2) is 12.9. The molecule has 1 N–H and O–H groups in total.